The molecule has 1 aromatic carbocycles. The zero-order chi connectivity index (χ0) is 21.0. The molecule has 0 saturated carbocycles. The van der Waals surface area contributed by atoms with Gasteiger partial charge in [0.1, 0.15) is 5.69 Å². The molecule has 152 valence electrons. The minimum atomic E-state index is -4.07. The van der Waals surface area contributed by atoms with Crippen molar-refractivity contribution in [2.75, 3.05) is 0 Å². The molecule has 2 heterocycles. The van der Waals surface area contributed by atoms with Crippen molar-refractivity contribution in [2.24, 2.45) is 0 Å². The zero-order valence-corrected chi connectivity index (χ0v) is 16.7. The molecule has 3 aromatic rings. The molecule has 12 heteroatoms. The summed E-state index contributed by atoms with van der Waals surface area (Å²) < 4.78 is 52.7. The van der Waals surface area contributed by atoms with Crippen molar-refractivity contribution in [1.82, 2.24) is 25.0 Å². The number of hydrogen-bond donors (Lipinski definition) is 2. The van der Waals surface area contributed by atoms with Gasteiger partial charge in [-0.15, -0.1) is 11.3 Å². The lowest BCUT2D eigenvalue weighted by molar-refractivity contribution is 0.0946. The van der Waals surface area contributed by atoms with Gasteiger partial charge in [-0.2, -0.15) is 0 Å². The topological polar surface area (TPSA) is 114 Å². The average Bonchev–Trinajstić information content (AvgIpc) is 3.12. The molecular formula is C17H15F2N5O3S2. The number of benzene rings is 1. The van der Waals surface area contributed by atoms with Gasteiger partial charge in [0.15, 0.2) is 11.6 Å². The van der Waals surface area contributed by atoms with Gasteiger partial charge in [-0.1, -0.05) is 0 Å². The third kappa shape index (κ3) is 5.37. The molecule has 0 aliphatic rings. The van der Waals surface area contributed by atoms with Gasteiger partial charge < -0.3 is 5.32 Å². The summed E-state index contributed by atoms with van der Waals surface area (Å²) in [4.78, 5) is 24.6. The van der Waals surface area contributed by atoms with Crippen LogP contribution >= 0.6 is 11.3 Å². The molecule has 2 aromatic heterocycles. The minimum Gasteiger partial charge on any atom is -0.346 e. The van der Waals surface area contributed by atoms with Crippen LogP contribution in [0.4, 0.5) is 8.78 Å². The second-order valence-corrected chi connectivity index (χ2v) is 8.91. The number of thiazole rings is 1. The molecule has 2 N–H and O–H groups in total. The molecule has 0 unspecified atom stereocenters. The van der Waals surface area contributed by atoms with E-state index in [0.717, 1.165) is 22.0 Å². The minimum absolute atomic E-state index is 0.0680. The first-order valence-corrected chi connectivity index (χ1v) is 10.5. The summed E-state index contributed by atoms with van der Waals surface area (Å²) in [5.41, 5.74) is 0.309. The third-order valence-electron chi connectivity index (χ3n) is 3.67. The molecule has 0 aliphatic heterocycles. The number of aromatic nitrogens is 3. The highest BCUT2D eigenvalue weighted by Crippen LogP contribution is 2.14. The maximum Gasteiger partial charge on any atom is 0.271 e. The SMILES string of the molecule is Cc1ncc(CNC(=O)c2cnc(CNS(=O)(=O)c3ccc(F)c(F)c3)cn2)s1. The number of halogens is 2. The second-order valence-electron chi connectivity index (χ2n) is 5.82. The zero-order valence-electron chi connectivity index (χ0n) is 15.0. The van der Waals surface area contributed by atoms with Gasteiger partial charge in [0.05, 0.1) is 41.1 Å². The van der Waals surface area contributed by atoms with E-state index in [0.29, 0.717) is 12.6 Å². The van der Waals surface area contributed by atoms with Gasteiger partial charge in [-0.25, -0.2) is 31.9 Å². The van der Waals surface area contributed by atoms with E-state index >= 15 is 0 Å². The molecule has 29 heavy (non-hydrogen) atoms. The molecule has 3 rings (SSSR count). The highest BCUT2D eigenvalue weighted by Gasteiger charge is 2.17. The fourth-order valence-corrected chi connectivity index (χ4v) is 3.95. The van der Waals surface area contributed by atoms with Gasteiger partial charge in [0.2, 0.25) is 10.0 Å². The summed E-state index contributed by atoms with van der Waals surface area (Å²) in [7, 11) is -4.07. The molecule has 0 fully saturated rings. The number of carbonyl (C=O) groups excluding carboxylic acids is 1. The second kappa shape index (κ2) is 8.68. The van der Waals surface area contributed by atoms with Crippen LogP contribution in [0.3, 0.4) is 0 Å². The van der Waals surface area contributed by atoms with Crippen LogP contribution < -0.4 is 10.0 Å². The van der Waals surface area contributed by atoms with Crippen molar-refractivity contribution in [3.63, 3.8) is 0 Å². The van der Waals surface area contributed by atoms with Gasteiger partial charge in [0, 0.05) is 11.1 Å². The van der Waals surface area contributed by atoms with Gasteiger partial charge in [-0.05, 0) is 25.1 Å². The first kappa shape index (κ1) is 20.9. The molecule has 1 amide bonds. The van der Waals surface area contributed by atoms with E-state index in [1.807, 2.05) is 6.92 Å². The molecule has 0 atom stereocenters. The van der Waals surface area contributed by atoms with E-state index in [4.69, 9.17) is 0 Å². The summed E-state index contributed by atoms with van der Waals surface area (Å²) >= 11 is 1.46. The standard InChI is InChI=1S/C17H15F2N5O3S2/c1-10-20-7-12(28-10)8-23-17(25)16-9-21-11(5-22-16)6-24-29(26,27)13-2-3-14(18)15(19)4-13/h2-5,7,9,24H,6,8H2,1H3,(H,23,25). The van der Waals surface area contributed by atoms with E-state index in [-0.39, 0.29) is 17.9 Å². The van der Waals surface area contributed by atoms with Crippen LogP contribution in [0.1, 0.15) is 26.1 Å². The Hall–Kier alpha value is -2.83. The lowest BCUT2D eigenvalue weighted by Crippen LogP contribution is -2.25. The maximum absolute atomic E-state index is 13.2. The highest BCUT2D eigenvalue weighted by molar-refractivity contribution is 7.89. The summed E-state index contributed by atoms with van der Waals surface area (Å²) in [6.45, 7) is 1.93. The lowest BCUT2D eigenvalue weighted by Gasteiger charge is -2.07. The molecule has 0 aliphatic carbocycles. The van der Waals surface area contributed by atoms with E-state index in [9.17, 15) is 22.0 Å². The van der Waals surface area contributed by atoms with Crippen LogP contribution in [0.2, 0.25) is 0 Å². The monoisotopic (exact) mass is 439 g/mol. The van der Waals surface area contributed by atoms with Gasteiger partial charge in [-0.3, -0.25) is 9.78 Å². The maximum atomic E-state index is 13.2. The predicted molar refractivity (Wildman–Crippen MR) is 100 cm³/mol. The van der Waals surface area contributed by atoms with Crippen molar-refractivity contribution in [3.05, 3.63) is 69.7 Å². The largest absolute Gasteiger partial charge is 0.346 e. The molecular weight excluding hydrogens is 424 g/mol. The van der Waals surface area contributed by atoms with Crippen LogP contribution in [0.15, 0.2) is 41.7 Å². The van der Waals surface area contributed by atoms with E-state index in [2.05, 4.69) is 25.0 Å². The van der Waals surface area contributed by atoms with Crippen molar-refractivity contribution >= 4 is 27.3 Å². The van der Waals surface area contributed by atoms with Gasteiger partial charge >= 0.3 is 0 Å². The Balaban J connectivity index is 1.58. The molecule has 0 radical (unpaired) electrons. The fraction of sp³-hybridized carbons (Fsp3) is 0.176. The van der Waals surface area contributed by atoms with Crippen LogP contribution in [0.25, 0.3) is 0 Å². The van der Waals surface area contributed by atoms with Gasteiger partial charge in [0.25, 0.3) is 5.91 Å². The van der Waals surface area contributed by atoms with E-state index < -0.39 is 32.5 Å². The van der Waals surface area contributed by atoms with Crippen molar-refractivity contribution in [1.29, 1.82) is 0 Å². The fourth-order valence-electron chi connectivity index (χ4n) is 2.20. The smallest absolute Gasteiger partial charge is 0.271 e. The Morgan fingerprint density at radius 3 is 2.48 bits per heavy atom. The Bertz CT molecular complexity index is 1130. The van der Waals surface area contributed by atoms with Crippen LogP contribution in [-0.4, -0.2) is 29.3 Å². The Morgan fingerprint density at radius 1 is 1.07 bits per heavy atom. The quantitative estimate of drug-likeness (QED) is 0.582. The number of amides is 1. The first-order chi connectivity index (χ1) is 13.7. The molecule has 8 nitrogen and oxygen atoms in total. The van der Waals surface area contributed by atoms with Crippen LogP contribution in [0, 0.1) is 18.6 Å². The number of carbonyl (C=O) groups is 1. The summed E-state index contributed by atoms with van der Waals surface area (Å²) in [5, 5.41) is 3.58. The number of sulfonamides is 1. The van der Waals surface area contributed by atoms with Crippen LogP contribution in [-0.2, 0) is 23.1 Å². The normalized spacial score (nSPS) is 11.4. The average molecular weight is 439 g/mol. The number of aryl methyl sites for hydroxylation is 1. The molecule has 0 bridgehead atoms. The Kier molecular flexibility index (Phi) is 6.25. The van der Waals surface area contributed by atoms with Crippen molar-refractivity contribution < 1.29 is 22.0 Å². The lowest BCUT2D eigenvalue weighted by atomic mass is 10.3. The predicted octanol–water partition coefficient (Wildman–Crippen LogP) is 1.93. The van der Waals surface area contributed by atoms with Crippen molar-refractivity contribution in [3.8, 4) is 0 Å². The highest BCUT2D eigenvalue weighted by atomic mass is 32.2. The number of nitrogens with zero attached hydrogens (tertiary/aromatic N) is 3. The molecule has 0 saturated heterocycles. The number of hydrogen-bond acceptors (Lipinski definition) is 7. The van der Waals surface area contributed by atoms with E-state index in [1.54, 1.807) is 6.20 Å². The molecule has 0 spiro atoms. The summed E-state index contributed by atoms with van der Waals surface area (Å²) in [6.07, 6.45) is 4.14. The van der Waals surface area contributed by atoms with Crippen molar-refractivity contribution in [2.45, 2.75) is 24.9 Å². The Labute approximate surface area is 169 Å². The first-order valence-electron chi connectivity index (χ1n) is 8.20. The summed E-state index contributed by atoms with van der Waals surface area (Å²) in [5.74, 6) is -2.84. The van der Waals surface area contributed by atoms with Crippen LogP contribution in [0.5, 0.6) is 0 Å². The number of rotatable bonds is 7. The Morgan fingerprint density at radius 2 is 1.86 bits per heavy atom. The van der Waals surface area contributed by atoms with E-state index in [1.165, 1.54) is 23.7 Å². The summed E-state index contributed by atoms with van der Waals surface area (Å²) in [6, 6.07) is 2.26. The number of nitrogens with one attached hydrogen (secondary N) is 2. The third-order valence-corrected chi connectivity index (χ3v) is 5.99.